The molecular formula is C6H9NO2S2. The molecule has 3 N–H and O–H groups in total. The lowest BCUT2D eigenvalue weighted by Crippen LogP contribution is -2.56. The Bertz CT molecular complexity index is 201. The molecule has 0 fully saturated rings. The maximum atomic E-state index is 10.5. The second-order valence-electron chi connectivity index (χ2n) is 2.07. The summed E-state index contributed by atoms with van der Waals surface area (Å²) in [6.07, 6.45) is 4.97. The van der Waals surface area contributed by atoms with E-state index in [1.54, 1.807) is 0 Å². The standard InChI is InChI=1S/C6H9NO2S2/c1-2-4(11)6(7,3-10)5(8)9/h1,4,10-11H,3,7H2,(H,8,9). The van der Waals surface area contributed by atoms with Gasteiger partial charge in [-0.1, -0.05) is 5.92 Å². The molecule has 62 valence electrons. The van der Waals surface area contributed by atoms with Crippen molar-refractivity contribution in [1.29, 1.82) is 0 Å². The maximum Gasteiger partial charge on any atom is 0.326 e. The van der Waals surface area contributed by atoms with E-state index in [-0.39, 0.29) is 5.75 Å². The Morgan fingerprint density at radius 1 is 1.91 bits per heavy atom. The molecule has 0 aromatic heterocycles. The van der Waals surface area contributed by atoms with E-state index in [0.29, 0.717) is 0 Å². The first kappa shape index (κ1) is 10.7. The zero-order chi connectivity index (χ0) is 9.07. The van der Waals surface area contributed by atoms with Crippen LogP contribution < -0.4 is 5.73 Å². The molecule has 0 rings (SSSR count). The molecule has 0 aliphatic heterocycles. The van der Waals surface area contributed by atoms with E-state index in [9.17, 15) is 4.79 Å². The van der Waals surface area contributed by atoms with E-state index in [2.05, 4.69) is 31.2 Å². The van der Waals surface area contributed by atoms with Gasteiger partial charge in [-0.2, -0.15) is 25.3 Å². The molecule has 2 atom stereocenters. The Kier molecular flexibility index (Phi) is 3.79. The van der Waals surface area contributed by atoms with Gasteiger partial charge in [0.15, 0.2) is 0 Å². The van der Waals surface area contributed by atoms with Crippen molar-refractivity contribution >= 4 is 31.2 Å². The molecule has 0 aromatic rings. The minimum absolute atomic E-state index is 0.0410. The van der Waals surface area contributed by atoms with Gasteiger partial charge in [0.05, 0.1) is 5.25 Å². The number of hydrogen-bond donors (Lipinski definition) is 4. The van der Waals surface area contributed by atoms with Crippen LogP contribution in [0.25, 0.3) is 0 Å². The molecule has 0 aliphatic carbocycles. The molecule has 0 saturated heterocycles. The van der Waals surface area contributed by atoms with Crippen LogP contribution in [0.15, 0.2) is 0 Å². The number of carbonyl (C=O) groups is 1. The number of rotatable bonds is 3. The van der Waals surface area contributed by atoms with Crippen molar-refractivity contribution in [2.24, 2.45) is 5.73 Å². The van der Waals surface area contributed by atoms with Crippen LogP contribution in [0.4, 0.5) is 0 Å². The number of carboxylic acids is 1. The van der Waals surface area contributed by atoms with E-state index in [1.165, 1.54) is 0 Å². The average molecular weight is 191 g/mol. The van der Waals surface area contributed by atoms with Gasteiger partial charge in [0.2, 0.25) is 0 Å². The Hall–Kier alpha value is -0.310. The summed E-state index contributed by atoms with van der Waals surface area (Å²) in [5.41, 5.74) is 3.86. The van der Waals surface area contributed by atoms with E-state index < -0.39 is 16.8 Å². The molecule has 0 aromatic carbocycles. The molecule has 0 heterocycles. The van der Waals surface area contributed by atoms with Crippen molar-refractivity contribution in [1.82, 2.24) is 0 Å². The van der Waals surface area contributed by atoms with E-state index in [0.717, 1.165) is 0 Å². The van der Waals surface area contributed by atoms with Crippen LogP contribution >= 0.6 is 25.3 Å². The largest absolute Gasteiger partial charge is 0.480 e. The lowest BCUT2D eigenvalue weighted by molar-refractivity contribution is -0.141. The van der Waals surface area contributed by atoms with Crippen LogP contribution in [0, 0.1) is 12.3 Å². The summed E-state index contributed by atoms with van der Waals surface area (Å²) >= 11 is 7.62. The van der Waals surface area contributed by atoms with Crippen molar-refractivity contribution in [3.8, 4) is 12.3 Å². The van der Waals surface area contributed by atoms with Gasteiger partial charge in [-0.05, 0) is 0 Å². The van der Waals surface area contributed by atoms with Crippen molar-refractivity contribution in [2.45, 2.75) is 10.8 Å². The molecule has 0 bridgehead atoms. The second-order valence-corrected chi connectivity index (χ2v) is 2.91. The van der Waals surface area contributed by atoms with Crippen LogP contribution in [0.1, 0.15) is 0 Å². The zero-order valence-corrected chi connectivity index (χ0v) is 7.48. The van der Waals surface area contributed by atoms with Gasteiger partial charge in [0, 0.05) is 5.75 Å². The molecule has 5 heteroatoms. The summed E-state index contributed by atoms with van der Waals surface area (Å²) in [7, 11) is 0. The lowest BCUT2D eigenvalue weighted by atomic mass is 9.99. The highest BCUT2D eigenvalue weighted by molar-refractivity contribution is 7.82. The second kappa shape index (κ2) is 3.90. The molecule has 0 spiro atoms. The van der Waals surface area contributed by atoms with Crippen LogP contribution in [0.3, 0.4) is 0 Å². The van der Waals surface area contributed by atoms with Crippen LogP contribution in [-0.4, -0.2) is 27.6 Å². The topological polar surface area (TPSA) is 63.3 Å². The fraction of sp³-hybridized carbons (Fsp3) is 0.500. The Balaban J connectivity index is 4.62. The highest BCUT2D eigenvalue weighted by Gasteiger charge is 2.38. The first-order chi connectivity index (χ1) is 4.99. The number of terminal acetylenes is 1. The van der Waals surface area contributed by atoms with Gasteiger partial charge in [0.25, 0.3) is 0 Å². The molecule has 0 radical (unpaired) electrons. The molecule has 0 saturated carbocycles. The molecule has 3 nitrogen and oxygen atoms in total. The third kappa shape index (κ3) is 2.06. The van der Waals surface area contributed by atoms with Crippen molar-refractivity contribution in [3.05, 3.63) is 0 Å². The molecule has 0 amide bonds. The normalized spacial score (nSPS) is 18.0. The molecule has 0 aliphatic rings. The summed E-state index contributed by atoms with van der Waals surface area (Å²) in [6.45, 7) is 0. The predicted molar refractivity (Wildman–Crippen MR) is 50.0 cm³/mol. The lowest BCUT2D eigenvalue weighted by Gasteiger charge is -2.24. The SMILES string of the molecule is C#CC(S)C(N)(CS)C(=O)O. The maximum absolute atomic E-state index is 10.5. The first-order valence-corrected chi connectivity index (χ1v) is 3.91. The predicted octanol–water partition coefficient (Wildman–Crippen LogP) is -0.370. The number of carboxylic acid groups (broad SMARTS) is 1. The van der Waals surface area contributed by atoms with E-state index >= 15 is 0 Å². The Morgan fingerprint density at radius 2 is 2.36 bits per heavy atom. The minimum atomic E-state index is -1.54. The minimum Gasteiger partial charge on any atom is -0.480 e. The van der Waals surface area contributed by atoms with Gasteiger partial charge < -0.3 is 10.8 Å². The third-order valence-electron chi connectivity index (χ3n) is 1.31. The van der Waals surface area contributed by atoms with Gasteiger partial charge in [-0.25, -0.2) is 0 Å². The van der Waals surface area contributed by atoms with Crippen LogP contribution in [0.5, 0.6) is 0 Å². The summed E-state index contributed by atoms with van der Waals surface area (Å²) in [5, 5.41) is 7.79. The van der Waals surface area contributed by atoms with Crippen molar-refractivity contribution < 1.29 is 9.90 Å². The monoisotopic (exact) mass is 191 g/mol. The summed E-state index contributed by atoms with van der Waals surface area (Å²) in [6, 6.07) is 0. The summed E-state index contributed by atoms with van der Waals surface area (Å²) in [5.74, 6) is 0.917. The Morgan fingerprint density at radius 3 is 2.45 bits per heavy atom. The molecule has 2 unspecified atom stereocenters. The fourth-order valence-electron chi connectivity index (χ4n) is 0.420. The number of nitrogens with two attached hydrogens (primary N) is 1. The van der Waals surface area contributed by atoms with Crippen LogP contribution in [-0.2, 0) is 4.79 Å². The third-order valence-corrected chi connectivity index (χ3v) is 2.44. The van der Waals surface area contributed by atoms with Crippen molar-refractivity contribution in [2.75, 3.05) is 5.75 Å². The van der Waals surface area contributed by atoms with Crippen molar-refractivity contribution in [3.63, 3.8) is 0 Å². The van der Waals surface area contributed by atoms with Gasteiger partial charge in [0.1, 0.15) is 5.54 Å². The summed E-state index contributed by atoms with van der Waals surface area (Å²) < 4.78 is 0. The Labute approximate surface area is 76.2 Å². The average Bonchev–Trinajstić information content (AvgIpc) is 2.01. The molecule has 11 heavy (non-hydrogen) atoms. The van der Waals surface area contributed by atoms with Gasteiger partial charge in [-0.3, -0.25) is 4.79 Å². The first-order valence-electron chi connectivity index (χ1n) is 2.76. The van der Waals surface area contributed by atoms with E-state index in [4.69, 9.17) is 17.3 Å². The van der Waals surface area contributed by atoms with E-state index in [1.807, 2.05) is 0 Å². The highest BCUT2D eigenvalue weighted by atomic mass is 32.1. The van der Waals surface area contributed by atoms with Gasteiger partial charge in [-0.15, -0.1) is 6.42 Å². The zero-order valence-electron chi connectivity index (χ0n) is 5.69. The molecular weight excluding hydrogens is 182 g/mol. The quantitative estimate of drug-likeness (QED) is 0.363. The highest BCUT2D eigenvalue weighted by Crippen LogP contribution is 2.14. The number of thiol groups is 2. The smallest absolute Gasteiger partial charge is 0.326 e. The fourth-order valence-corrected chi connectivity index (χ4v) is 1.08. The van der Waals surface area contributed by atoms with Crippen LogP contribution in [0.2, 0.25) is 0 Å². The van der Waals surface area contributed by atoms with Gasteiger partial charge >= 0.3 is 5.97 Å². The number of hydrogen-bond acceptors (Lipinski definition) is 4. The number of aliphatic carboxylic acids is 1. The summed E-state index contributed by atoms with van der Waals surface area (Å²) in [4.78, 5) is 10.5.